The maximum absolute atomic E-state index is 13.3. The summed E-state index contributed by atoms with van der Waals surface area (Å²) in [4.78, 5) is 13.3. The van der Waals surface area contributed by atoms with Crippen LogP contribution < -0.4 is 0 Å². The first-order valence-electron chi connectivity index (χ1n) is 9.28. The monoisotopic (exact) mass is 346 g/mol. The van der Waals surface area contributed by atoms with Crippen molar-refractivity contribution in [2.24, 2.45) is 34.0 Å². The minimum atomic E-state index is -2.05. The molecule has 8 atom stereocenters. The highest BCUT2D eigenvalue weighted by Crippen LogP contribution is 2.75. The molecule has 0 radical (unpaired) electrons. The number of fused-ring (bicyclic) bond motifs is 2. The van der Waals surface area contributed by atoms with E-state index in [2.05, 4.69) is 32.6 Å². The van der Waals surface area contributed by atoms with E-state index in [1.807, 2.05) is 0 Å². The quantitative estimate of drug-likeness (QED) is 0.453. The normalized spacial score (nSPS) is 58.2. The molecular weight excluding hydrogens is 320 g/mol. The number of carbonyl (C=O) groups excluding carboxylic acids is 1. The van der Waals surface area contributed by atoms with Crippen molar-refractivity contribution in [1.82, 2.24) is 0 Å². The van der Waals surface area contributed by atoms with Crippen LogP contribution in [0.5, 0.6) is 0 Å². The van der Waals surface area contributed by atoms with Gasteiger partial charge in [0.1, 0.15) is 11.5 Å². The maximum Gasteiger partial charge on any atom is 0.208 e. The van der Waals surface area contributed by atoms with Gasteiger partial charge in [0.05, 0.1) is 12.7 Å². The number of aliphatic hydroxyl groups excluding tert-OH is 2. The molecule has 4 aliphatic carbocycles. The van der Waals surface area contributed by atoms with Crippen molar-refractivity contribution in [3.63, 3.8) is 0 Å². The van der Waals surface area contributed by atoms with Crippen LogP contribution in [0.4, 0.5) is 0 Å². The molecule has 0 amide bonds. The fraction of sp³-hybridized carbons (Fsp3) is 0.750. The van der Waals surface area contributed by atoms with E-state index in [-0.39, 0.29) is 35.6 Å². The average molecular weight is 346 g/mol. The number of allylic oxidation sites excluding steroid dienone is 1. The minimum absolute atomic E-state index is 0.218. The van der Waals surface area contributed by atoms with Gasteiger partial charge in [-0.15, -0.1) is 0 Å². The molecular formula is C20H26O5. The topological polar surface area (TPSA) is 87.0 Å². The number of ether oxygens (including phenoxy) is 1. The van der Waals surface area contributed by atoms with Crippen molar-refractivity contribution >= 4 is 5.78 Å². The third kappa shape index (κ3) is 1.37. The van der Waals surface area contributed by atoms with Gasteiger partial charge in [0.2, 0.25) is 5.79 Å². The van der Waals surface area contributed by atoms with E-state index in [0.29, 0.717) is 12.0 Å². The summed E-state index contributed by atoms with van der Waals surface area (Å²) in [6.07, 6.45) is 4.15. The molecule has 3 N–H and O–H groups in total. The van der Waals surface area contributed by atoms with Gasteiger partial charge in [0.25, 0.3) is 0 Å². The van der Waals surface area contributed by atoms with Crippen LogP contribution in [-0.2, 0) is 9.53 Å². The van der Waals surface area contributed by atoms with Gasteiger partial charge in [-0.1, -0.05) is 32.6 Å². The molecule has 4 bridgehead atoms. The standard InChI is InChI=1S/C20H26O5/c1-10-11-5-6-12-18-8-4-7-17(2,3)13(18)16(23)20(24,25-9-18)19(12,14(10)21)15(11)22/h4,8,11-13,15-16,22-24H,1,5-7,9H2,2-3H3/t11-,12-,13?,15+,16-,18+,19-,20-/m0/s1. The highest BCUT2D eigenvalue weighted by atomic mass is 16.6. The van der Waals surface area contributed by atoms with E-state index in [1.165, 1.54) is 0 Å². The Labute approximate surface area is 147 Å². The van der Waals surface area contributed by atoms with Gasteiger partial charge in [-0.2, -0.15) is 0 Å². The maximum atomic E-state index is 13.3. The van der Waals surface area contributed by atoms with Gasteiger partial charge in [-0.3, -0.25) is 4.79 Å². The molecule has 0 aromatic rings. The third-order valence-electron chi connectivity index (χ3n) is 8.27. The average Bonchev–Trinajstić information content (AvgIpc) is 2.66. The van der Waals surface area contributed by atoms with Crippen molar-refractivity contribution in [2.75, 3.05) is 6.61 Å². The molecule has 5 fully saturated rings. The molecule has 1 unspecified atom stereocenters. The van der Waals surface area contributed by atoms with Crippen molar-refractivity contribution in [3.05, 3.63) is 24.3 Å². The molecule has 3 saturated carbocycles. The Bertz CT molecular complexity index is 726. The fourth-order valence-corrected chi connectivity index (χ4v) is 7.41. The third-order valence-corrected chi connectivity index (χ3v) is 8.27. The lowest BCUT2D eigenvalue weighted by Crippen LogP contribution is -2.83. The van der Waals surface area contributed by atoms with Crippen LogP contribution in [0, 0.1) is 34.0 Å². The summed E-state index contributed by atoms with van der Waals surface area (Å²) in [5.74, 6) is -3.19. The molecule has 0 aromatic heterocycles. The molecule has 6 aliphatic rings. The van der Waals surface area contributed by atoms with E-state index in [1.54, 1.807) is 0 Å². The molecule has 5 nitrogen and oxygen atoms in total. The summed E-state index contributed by atoms with van der Waals surface area (Å²) in [6, 6.07) is 0. The summed E-state index contributed by atoms with van der Waals surface area (Å²) in [5, 5.41) is 33.9. The second-order valence-corrected chi connectivity index (χ2v) is 9.52. The van der Waals surface area contributed by atoms with Gasteiger partial charge in [-0.25, -0.2) is 0 Å². The van der Waals surface area contributed by atoms with Crippen LogP contribution in [0.25, 0.3) is 0 Å². The van der Waals surface area contributed by atoms with E-state index in [4.69, 9.17) is 4.74 Å². The molecule has 5 heteroatoms. The Morgan fingerprint density at radius 3 is 2.68 bits per heavy atom. The molecule has 2 spiro atoms. The molecule has 6 rings (SSSR count). The van der Waals surface area contributed by atoms with Crippen LogP contribution in [0.1, 0.15) is 33.1 Å². The number of hydrogen-bond donors (Lipinski definition) is 3. The number of rotatable bonds is 0. The van der Waals surface area contributed by atoms with Crippen molar-refractivity contribution < 1.29 is 24.9 Å². The zero-order valence-corrected chi connectivity index (χ0v) is 14.7. The van der Waals surface area contributed by atoms with Crippen LogP contribution in [-0.4, -0.2) is 45.7 Å². The predicted molar refractivity (Wildman–Crippen MR) is 89.2 cm³/mol. The lowest BCUT2D eigenvalue weighted by atomic mass is 9.37. The molecule has 2 aliphatic heterocycles. The second-order valence-electron chi connectivity index (χ2n) is 9.52. The van der Waals surface area contributed by atoms with Crippen molar-refractivity contribution in [3.8, 4) is 0 Å². The van der Waals surface area contributed by atoms with E-state index >= 15 is 0 Å². The van der Waals surface area contributed by atoms with Crippen LogP contribution in [0.15, 0.2) is 24.3 Å². The Hall–Kier alpha value is -1.01. The van der Waals surface area contributed by atoms with Gasteiger partial charge < -0.3 is 20.1 Å². The van der Waals surface area contributed by atoms with Gasteiger partial charge in [0, 0.05) is 17.3 Å². The Kier molecular flexibility index (Phi) is 2.77. The van der Waals surface area contributed by atoms with Gasteiger partial charge >= 0.3 is 0 Å². The van der Waals surface area contributed by atoms with Crippen LogP contribution in [0.2, 0.25) is 0 Å². The molecule has 2 saturated heterocycles. The second kappa shape index (κ2) is 4.28. The zero-order chi connectivity index (χ0) is 18.0. The molecule has 2 heterocycles. The van der Waals surface area contributed by atoms with E-state index in [9.17, 15) is 20.1 Å². The predicted octanol–water partition coefficient (Wildman–Crippen LogP) is 1.18. The summed E-state index contributed by atoms with van der Waals surface area (Å²) in [7, 11) is 0. The molecule has 25 heavy (non-hydrogen) atoms. The fourth-order valence-electron chi connectivity index (χ4n) is 7.41. The highest BCUT2D eigenvalue weighted by Gasteiger charge is 2.85. The van der Waals surface area contributed by atoms with E-state index < -0.39 is 28.8 Å². The number of hydrogen-bond acceptors (Lipinski definition) is 5. The lowest BCUT2D eigenvalue weighted by molar-refractivity contribution is -0.436. The number of ketones is 1. The number of Topliss-reactive ketones (excluding diaryl/α,β-unsaturated/α-hetero) is 1. The van der Waals surface area contributed by atoms with Gasteiger partial charge in [-0.05, 0) is 36.2 Å². The first-order chi connectivity index (χ1) is 11.6. The van der Waals surface area contributed by atoms with Crippen LogP contribution >= 0.6 is 0 Å². The highest BCUT2D eigenvalue weighted by molar-refractivity contribution is 6.05. The number of carbonyl (C=O) groups is 1. The summed E-state index contributed by atoms with van der Waals surface area (Å²) in [5.41, 5.74) is -1.90. The number of aliphatic hydroxyl groups is 3. The first kappa shape index (κ1) is 16.2. The first-order valence-corrected chi connectivity index (χ1v) is 9.28. The summed E-state index contributed by atoms with van der Waals surface area (Å²) >= 11 is 0. The lowest BCUT2D eigenvalue weighted by Gasteiger charge is -2.72. The Balaban J connectivity index is 1.82. The Morgan fingerprint density at radius 1 is 1.24 bits per heavy atom. The SMILES string of the molecule is C=C1C(=O)[C@]23[C@H](O)[C@H]1CC[C@H]2[C@]12C=CCC(C)(C)C1[C@H](O)[C@]3(O)OC2. The van der Waals surface area contributed by atoms with Crippen LogP contribution in [0.3, 0.4) is 0 Å². The van der Waals surface area contributed by atoms with E-state index in [0.717, 1.165) is 12.8 Å². The summed E-state index contributed by atoms with van der Waals surface area (Å²) in [6.45, 7) is 8.38. The zero-order valence-electron chi connectivity index (χ0n) is 14.7. The smallest absolute Gasteiger partial charge is 0.208 e. The largest absolute Gasteiger partial charge is 0.391 e. The molecule has 0 aromatic carbocycles. The minimum Gasteiger partial charge on any atom is -0.391 e. The summed E-state index contributed by atoms with van der Waals surface area (Å²) < 4.78 is 5.84. The van der Waals surface area contributed by atoms with Gasteiger partial charge in [0.15, 0.2) is 5.78 Å². The van der Waals surface area contributed by atoms with Crippen molar-refractivity contribution in [2.45, 2.75) is 51.1 Å². The molecule has 136 valence electrons. The van der Waals surface area contributed by atoms with Crippen molar-refractivity contribution in [1.29, 1.82) is 0 Å². The Morgan fingerprint density at radius 2 is 1.96 bits per heavy atom.